The molecule has 0 N–H and O–H groups in total. The van der Waals surface area contributed by atoms with E-state index in [4.69, 9.17) is 0 Å². The SMILES string of the molecule is CCN(CC)/C(=C/c1ccc([N+](=O)[O-])s1)c1ccc(N(C)C)cc1. The number of hydrogen-bond donors (Lipinski definition) is 0. The average Bonchev–Trinajstić information content (AvgIpc) is 3.04. The van der Waals surface area contributed by atoms with Gasteiger partial charge in [-0.3, -0.25) is 10.1 Å². The van der Waals surface area contributed by atoms with E-state index in [1.165, 1.54) is 11.3 Å². The molecule has 1 aromatic carbocycles. The van der Waals surface area contributed by atoms with Gasteiger partial charge in [0.05, 0.1) is 4.92 Å². The third kappa shape index (κ3) is 4.14. The van der Waals surface area contributed by atoms with Gasteiger partial charge in [0, 0.05) is 49.5 Å². The van der Waals surface area contributed by atoms with Gasteiger partial charge in [-0.15, -0.1) is 0 Å². The van der Waals surface area contributed by atoms with Crippen molar-refractivity contribution >= 4 is 33.8 Å². The molecule has 2 aromatic rings. The molecule has 2 rings (SSSR count). The predicted octanol–water partition coefficient (Wildman–Crippen LogP) is 4.56. The van der Waals surface area contributed by atoms with Crippen molar-refractivity contribution in [3.8, 4) is 0 Å². The first-order valence-corrected chi connectivity index (χ1v) is 8.76. The first kappa shape index (κ1) is 18.0. The minimum Gasteiger partial charge on any atom is -0.378 e. The fourth-order valence-electron chi connectivity index (χ4n) is 2.50. The molecule has 0 unspecified atom stereocenters. The summed E-state index contributed by atoms with van der Waals surface area (Å²) < 4.78 is 0. The largest absolute Gasteiger partial charge is 0.378 e. The molecule has 0 radical (unpaired) electrons. The highest BCUT2D eigenvalue weighted by Gasteiger charge is 2.13. The van der Waals surface area contributed by atoms with Gasteiger partial charge in [0.25, 0.3) is 0 Å². The molecule has 0 fully saturated rings. The number of thiophene rings is 1. The van der Waals surface area contributed by atoms with Crippen molar-refractivity contribution < 1.29 is 4.92 Å². The van der Waals surface area contributed by atoms with Crippen molar-refractivity contribution in [3.05, 3.63) is 57.0 Å². The quantitative estimate of drug-likeness (QED) is 0.545. The fraction of sp³-hybridized carbons (Fsp3) is 0.333. The number of nitrogens with zero attached hydrogens (tertiary/aromatic N) is 3. The van der Waals surface area contributed by atoms with E-state index in [1.807, 2.05) is 20.2 Å². The third-order valence-corrected chi connectivity index (χ3v) is 4.84. The van der Waals surface area contributed by atoms with E-state index in [-0.39, 0.29) is 9.92 Å². The average molecular weight is 345 g/mol. The highest BCUT2D eigenvalue weighted by Crippen LogP contribution is 2.30. The Bertz CT molecular complexity index is 716. The van der Waals surface area contributed by atoms with Gasteiger partial charge >= 0.3 is 5.00 Å². The summed E-state index contributed by atoms with van der Waals surface area (Å²) in [6.45, 7) is 5.99. The second-order valence-electron chi connectivity index (χ2n) is 5.58. The van der Waals surface area contributed by atoms with Crippen molar-refractivity contribution in [1.29, 1.82) is 0 Å². The van der Waals surface area contributed by atoms with E-state index in [0.717, 1.165) is 34.9 Å². The molecular weight excluding hydrogens is 322 g/mol. The van der Waals surface area contributed by atoms with Gasteiger partial charge in [-0.1, -0.05) is 23.5 Å². The Labute approximate surface area is 147 Å². The topological polar surface area (TPSA) is 49.6 Å². The lowest BCUT2D eigenvalue weighted by Crippen LogP contribution is -2.21. The van der Waals surface area contributed by atoms with Crippen LogP contribution in [-0.2, 0) is 0 Å². The smallest absolute Gasteiger partial charge is 0.324 e. The highest BCUT2D eigenvalue weighted by atomic mass is 32.1. The molecule has 0 aliphatic heterocycles. The van der Waals surface area contributed by atoms with Crippen molar-refractivity contribution in [3.63, 3.8) is 0 Å². The molecule has 0 atom stereocenters. The van der Waals surface area contributed by atoms with E-state index >= 15 is 0 Å². The summed E-state index contributed by atoms with van der Waals surface area (Å²) in [5.41, 5.74) is 3.34. The summed E-state index contributed by atoms with van der Waals surface area (Å²) in [6, 6.07) is 11.7. The molecule has 0 saturated carbocycles. The van der Waals surface area contributed by atoms with Crippen molar-refractivity contribution in [2.24, 2.45) is 0 Å². The molecule has 5 nitrogen and oxygen atoms in total. The standard InChI is InChI=1S/C18H23N3O2S/c1-5-20(6-2)17(13-16-11-12-18(24-16)21(22)23)14-7-9-15(10-8-14)19(3)4/h7-13H,5-6H2,1-4H3/b17-13+. The monoisotopic (exact) mass is 345 g/mol. The Morgan fingerprint density at radius 2 is 1.75 bits per heavy atom. The van der Waals surface area contributed by atoms with Gasteiger partial charge in [-0.25, -0.2) is 0 Å². The van der Waals surface area contributed by atoms with Crippen LogP contribution in [0.2, 0.25) is 0 Å². The van der Waals surface area contributed by atoms with Crippen LogP contribution in [0.25, 0.3) is 11.8 Å². The van der Waals surface area contributed by atoms with E-state index < -0.39 is 0 Å². The maximum absolute atomic E-state index is 10.9. The number of anilines is 1. The van der Waals surface area contributed by atoms with Gasteiger partial charge in [0.2, 0.25) is 0 Å². The zero-order chi connectivity index (χ0) is 17.7. The maximum atomic E-state index is 10.9. The van der Waals surface area contributed by atoms with Gasteiger partial charge in [0.1, 0.15) is 0 Å². The molecule has 0 saturated heterocycles. The van der Waals surface area contributed by atoms with E-state index in [1.54, 1.807) is 12.1 Å². The van der Waals surface area contributed by atoms with E-state index in [0.29, 0.717) is 0 Å². The molecule has 0 bridgehead atoms. The zero-order valence-corrected chi connectivity index (χ0v) is 15.3. The second-order valence-corrected chi connectivity index (χ2v) is 6.67. The van der Waals surface area contributed by atoms with Crippen LogP contribution < -0.4 is 4.90 Å². The van der Waals surface area contributed by atoms with Crippen molar-refractivity contribution in [1.82, 2.24) is 4.90 Å². The lowest BCUT2D eigenvalue weighted by molar-refractivity contribution is -0.380. The first-order valence-electron chi connectivity index (χ1n) is 7.94. The van der Waals surface area contributed by atoms with Gasteiger partial charge in [0.15, 0.2) is 0 Å². The van der Waals surface area contributed by atoms with Crippen LogP contribution in [0.3, 0.4) is 0 Å². The molecule has 6 heteroatoms. The predicted molar refractivity (Wildman–Crippen MR) is 103 cm³/mol. The Balaban J connectivity index is 2.43. The Morgan fingerprint density at radius 3 is 2.21 bits per heavy atom. The summed E-state index contributed by atoms with van der Waals surface area (Å²) in [7, 11) is 4.03. The Kier molecular flexibility index (Phi) is 5.98. The van der Waals surface area contributed by atoms with E-state index in [2.05, 4.69) is 47.9 Å². The summed E-state index contributed by atoms with van der Waals surface area (Å²) in [5.74, 6) is 0. The minimum absolute atomic E-state index is 0.170. The van der Waals surface area contributed by atoms with Crippen molar-refractivity contribution in [2.45, 2.75) is 13.8 Å². The molecule has 24 heavy (non-hydrogen) atoms. The van der Waals surface area contributed by atoms with Crippen LogP contribution in [-0.4, -0.2) is 37.0 Å². The summed E-state index contributed by atoms with van der Waals surface area (Å²) in [4.78, 5) is 15.8. The molecule has 1 aromatic heterocycles. The van der Waals surface area contributed by atoms with Gasteiger partial charge < -0.3 is 9.80 Å². The fourth-order valence-corrected chi connectivity index (χ4v) is 3.26. The number of hydrogen-bond acceptors (Lipinski definition) is 5. The number of rotatable bonds is 7. The highest BCUT2D eigenvalue weighted by molar-refractivity contribution is 7.16. The van der Waals surface area contributed by atoms with Crippen molar-refractivity contribution in [2.75, 3.05) is 32.1 Å². The number of nitro groups is 1. The molecule has 0 aliphatic rings. The van der Waals surface area contributed by atoms with Crippen LogP contribution in [0.1, 0.15) is 24.3 Å². The lowest BCUT2D eigenvalue weighted by Gasteiger charge is -2.25. The van der Waals surface area contributed by atoms with Crippen LogP contribution in [0, 0.1) is 10.1 Å². The number of benzene rings is 1. The summed E-state index contributed by atoms with van der Waals surface area (Å²) in [6.07, 6.45) is 2.04. The van der Waals surface area contributed by atoms with Crippen LogP contribution in [0.15, 0.2) is 36.4 Å². The molecule has 0 amide bonds. The third-order valence-electron chi connectivity index (χ3n) is 3.86. The van der Waals surface area contributed by atoms with Gasteiger partial charge in [-0.05, 0) is 43.7 Å². The lowest BCUT2D eigenvalue weighted by atomic mass is 10.1. The first-order chi connectivity index (χ1) is 11.5. The van der Waals surface area contributed by atoms with Gasteiger partial charge in [-0.2, -0.15) is 0 Å². The normalized spacial score (nSPS) is 11.4. The van der Waals surface area contributed by atoms with Crippen LogP contribution in [0.5, 0.6) is 0 Å². The zero-order valence-electron chi connectivity index (χ0n) is 14.5. The summed E-state index contributed by atoms with van der Waals surface area (Å²) >= 11 is 1.20. The molecule has 0 aliphatic carbocycles. The second kappa shape index (κ2) is 7.97. The van der Waals surface area contributed by atoms with E-state index in [9.17, 15) is 10.1 Å². The van der Waals surface area contributed by atoms with Crippen LogP contribution >= 0.6 is 11.3 Å². The molecule has 1 heterocycles. The maximum Gasteiger partial charge on any atom is 0.324 e. The molecular formula is C18H23N3O2S. The molecule has 0 spiro atoms. The van der Waals surface area contributed by atoms with Crippen LogP contribution in [0.4, 0.5) is 10.7 Å². The Hall–Kier alpha value is -2.34. The molecule has 128 valence electrons. The summed E-state index contributed by atoms with van der Waals surface area (Å²) in [5, 5.41) is 11.1. The Morgan fingerprint density at radius 1 is 1.12 bits per heavy atom. The minimum atomic E-state index is -0.342.